The van der Waals surface area contributed by atoms with Crippen molar-refractivity contribution < 1.29 is 35.1 Å². The van der Waals surface area contributed by atoms with Gasteiger partial charge in [-0.3, -0.25) is 8.37 Å². The van der Waals surface area contributed by atoms with E-state index in [1.54, 1.807) is 0 Å². The molecule has 0 aromatic rings. The van der Waals surface area contributed by atoms with Gasteiger partial charge in [0.05, 0.1) is 19.1 Å². The van der Waals surface area contributed by atoms with E-state index in [4.69, 9.17) is 13.5 Å². The second kappa shape index (κ2) is 5.61. The fourth-order valence-corrected chi connectivity index (χ4v) is 3.02. The highest BCUT2D eigenvalue weighted by molar-refractivity contribution is 7.86. The summed E-state index contributed by atoms with van der Waals surface area (Å²) in [6, 6.07) is 0. The number of likely N-dealkylation sites (tertiary alicyclic amines) is 1. The fourth-order valence-electron chi connectivity index (χ4n) is 1.72. The van der Waals surface area contributed by atoms with Gasteiger partial charge in [-0.2, -0.15) is 16.8 Å². The Bertz CT molecular complexity index is 539. The van der Waals surface area contributed by atoms with Gasteiger partial charge in [0, 0.05) is 6.54 Å². The van der Waals surface area contributed by atoms with E-state index in [1.165, 1.54) is 0 Å². The first-order valence-corrected chi connectivity index (χ1v) is 8.85. The Labute approximate surface area is 111 Å². The van der Waals surface area contributed by atoms with Crippen molar-refractivity contribution in [2.75, 3.05) is 25.6 Å². The van der Waals surface area contributed by atoms with E-state index in [-0.39, 0.29) is 19.5 Å². The minimum Gasteiger partial charge on any atom is -0.465 e. The molecular formula is C8H15NO8S2. The van der Waals surface area contributed by atoms with Gasteiger partial charge in [0.15, 0.2) is 0 Å². The van der Waals surface area contributed by atoms with Gasteiger partial charge < -0.3 is 10.0 Å². The Hall–Kier alpha value is -0.910. The van der Waals surface area contributed by atoms with Crippen molar-refractivity contribution in [3.05, 3.63) is 0 Å². The molecule has 9 nitrogen and oxygen atoms in total. The highest BCUT2D eigenvalue weighted by Gasteiger charge is 2.37. The van der Waals surface area contributed by atoms with Gasteiger partial charge in [0.2, 0.25) is 0 Å². The molecular weight excluding hydrogens is 302 g/mol. The topological polar surface area (TPSA) is 127 Å². The quantitative estimate of drug-likeness (QED) is 0.658. The summed E-state index contributed by atoms with van der Waals surface area (Å²) in [4.78, 5) is 11.8. The van der Waals surface area contributed by atoms with Crippen molar-refractivity contribution in [1.82, 2.24) is 4.90 Å². The predicted molar refractivity (Wildman–Crippen MR) is 63.6 cm³/mol. The van der Waals surface area contributed by atoms with Crippen LogP contribution >= 0.6 is 0 Å². The molecule has 1 N–H and O–H groups in total. The summed E-state index contributed by atoms with van der Waals surface area (Å²) in [5, 5.41) is 8.84. The van der Waals surface area contributed by atoms with Crippen LogP contribution in [-0.4, -0.2) is 70.7 Å². The standard InChI is InChI=1S/C8H15NO8S2/c1-18(12,13)16-6-3-4-9(8(10)11)5-7(6)17-19(2,14)15/h6-7H,3-5H2,1-2H3,(H,10,11)/t6-,7+/m0/s1. The molecule has 0 aliphatic carbocycles. The highest BCUT2D eigenvalue weighted by Crippen LogP contribution is 2.20. The van der Waals surface area contributed by atoms with Crippen LogP contribution in [0.1, 0.15) is 6.42 Å². The summed E-state index contributed by atoms with van der Waals surface area (Å²) in [5.74, 6) is 0. The number of hydrogen-bond donors (Lipinski definition) is 1. The number of hydrogen-bond acceptors (Lipinski definition) is 7. The van der Waals surface area contributed by atoms with Crippen LogP contribution in [0.15, 0.2) is 0 Å². The SMILES string of the molecule is CS(=O)(=O)O[C@H]1CCN(C(=O)O)C[C@H]1OS(C)(=O)=O. The maximum Gasteiger partial charge on any atom is 0.407 e. The maximum atomic E-state index is 11.1. The van der Waals surface area contributed by atoms with Crippen molar-refractivity contribution >= 4 is 26.3 Å². The lowest BCUT2D eigenvalue weighted by molar-refractivity contribution is 0.000720. The van der Waals surface area contributed by atoms with Crippen molar-refractivity contribution in [3.63, 3.8) is 0 Å². The average molecular weight is 317 g/mol. The second-order valence-electron chi connectivity index (χ2n) is 4.19. The number of nitrogens with zero attached hydrogens (tertiary/aromatic N) is 1. The van der Waals surface area contributed by atoms with Crippen LogP contribution in [0.4, 0.5) is 4.79 Å². The predicted octanol–water partition coefficient (Wildman–Crippen LogP) is -0.940. The molecule has 0 aromatic carbocycles. The van der Waals surface area contributed by atoms with E-state index in [9.17, 15) is 21.6 Å². The van der Waals surface area contributed by atoms with Gasteiger partial charge in [-0.25, -0.2) is 4.79 Å². The summed E-state index contributed by atoms with van der Waals surface area (Å²) >= 11 is 0. The van der Waals surface area contributed by atoms with Gasteiger partial charge in [0.1, 0.15) is 12.2 Å². The zero-order valence-corrected chi connectivity index (χ0v) is 12.0. The monoisotopic (exact) mass is 317 g/mol. The Morgan fingerprint density at radius 1 is 1.11 bits per heavy atom. The largest absolute Gasteiger partial charge is 0.465 e. The molecule has 1 aliphatic rings. The normalized spacial score (nSPS) is 25.3. The third-order valence-electron chi connectivity index (χ3n) is 2.37. The molecule has 1 amide bonds. The minimum absolute atomic E-state index is 0.0273. The van der Waals surface area contributed by atoms with E-state index >= 15 is 0 Å². The number of rotatable bonds is 4. The van der Waals surface area contributed by atoms with Crippen LogP contribution in [0, 0.1) is 0 Å². The Morgan fingerprint density at radius 3 is 2.00 bits per heavy atom. The summed E-state index contributed by atoms with van der Waals surface area (Å²) in [5.41, 5.74) is 0. The molecule has 11 heteroatoms. The lowest BCUT2D eigenvalue weighted by atomic mass is 10.1. The van der Waals surface area contributed by atoms with Crippen molar-refractivity contribution in [2.45, 2.75) is 18.6 Å². The number of amides is 1. The first kappa shape index (κ1) is 16.1. The molecule has 0 aromatic heterocycles. The van der Waals surface area contributed by atoms with Crippen LogP contribution < -0.4 is 0 Å². The molecule has 19 heavy (non-hydrogen) atoms. The van der Waals surface area contributed by atoms with E-state index in [0.717, 1.165) is 17.4 Å². The molecule has 1 heterocycles. The highest BCUT2D eigenvalue weighted by atomic mass is 32.2. The summed E-state index contributed by atoms with van der Waals surface area (Å²) in [6.07, 6.45) is -1.80. The average Bonchev–Trinajstić information content (AvgIpc) is 2.15. The molecule has 0 bridgehead atoms. The van der Waals surface area contributed by atoms with Gasteiger partial charge in [0.25, 0.3) is 20.2 Å². The smallest absolute Gasteiger partial charge is 0.407 e. The van der Waals surface area contributed by atoms with Crippen LogP contribution in [0.2, 0.25) is 0 Å². The molecule has 112 valence electrons. The second-order valence-corrected chi connectivity index (χ2v) is 7.40. The fraction of sp³-hybridized carbons (Fsp3) is 0.875. The van der Waals surface area contributed by atoms with Crippen molar-refractivity contribution in [3.8, 4) is 0 Å². The zero-order chi connectivity index (χ0) is 14.8. The molecule has 1 fully saturated rings. The summed E-state index contributed by atoms with van der Waals surface area (Å²) in [6.45, 7) is -0.234. The Kier molecular flexibility index (Phi) is 4.76. The van der Waals surface area contributed by atoms with Crippen LogP contribution in [-0.2, 0) is 28.6 Å². The van der Waals surface area contributed by atoms with E-state index < -0.39 is 38.5 Å². The third kappa shape index (κ3) is 5.72. The number of piperidine rings is 1. The Morgan fingerprint density at radius 2 is 1.58 bits per heavy atom. The van der Waals surface area contributed by atoms with E-state index in [0.29, 0.717) is 0 Å². The molecule has 1 aliphatic heterocycles. The molecule has 0 saturated carbocycles. The molecule has 1 saturated heterocycles. The van der Waals surface area contributed by atoms with Gasteiger partial charge >= 0.3 is 6.09 Å². The number of carboxylic acid groups (broad SMARTS) is 1. The zero-order valence-electron chi connectivity index (χ0n) is 10.3. The summed E-state index contributed by atoms with van der Waals surface area (Å²) < 4.78 is 53.7. The lowest BCUT2D eigenvalue weighted by Crippen LogP contribution is -2.51. The van der Waals surface area contributed by atoms with Gasteiger partial charge in [-0.15, -0.1) is 0 Å². The lowest BCUT2D eigenvalue weighted by Gasteiger charge is -2.35. The van der Waals surface area contributed by atoms with Crippen LogP contribution in [0.5, 0.6) is 0 Å². The first-order chi connectivity index (χ1) is 8.48. The first-order valence-electron chi connectivity index (χ1n) is 5.22. The van der Waals surface area contributed by atoms with Gasteiger partial charge in [-0.1, -0.05) is 0 Å². The molecule has 0 unspecified atom stereocenters. The van der Waals surface area contributed by atoms with Crippen molar-refractivity contribution in [1.29, 1.82) is 0 Å². The van der Waals surface area contributed by atoms with Gasteiger partial charge in [-0.05, 0) is 6.42 Å². The van der Waals surface area contributed by atoms with E-state index in [2.05, 4.69) is 0 Å². The summed E-state index contributed by atoms with van der Waals surface area (Å²) in [7, 11) is -7.65. The molecule has 0 spiro atoms. The third-order valence-corrected chi connectivity index (χ3v) is 3.56. The minimum atomic E-state index is -3.86. The molecule has 1 rings (SSSR count). The maximum absolute atomic E-state index is 11.1. The molecule has 0 radical (unpaired) electrons. The van der Waals surface area contributed by atoms with E-state index in [1.807, 2.05) is 0 Å². The van der Waals surface area contributed by atoms with Crippen molar-refractivity contribution in [2.24, 2.45) is 0 Å². The van der Waals surface area contributed by atoms with Crippen LogP contribution in [0.3, 0.4) is 0 Å². The molecule has 2 atom stereocenters. The Balaban J connectivity index is 2.87. The number of carbonyl (C=O) groups is 1. The van der Waals surface area contributed by atoms with Crippen LogP contribution in [0.25, 0.3) is 0 Å².